The van der Waals surface area contributed by atoms with Crippen molar-refractivity contribution >= 4 is 0 Å². The molecule has 0 radical (unpaired) electrons. The molecule has 2 aliphatic rings. The van der Waals surface area contributed by atoms with Gasteiger partial charge in [0.15, 0.2) is 0 Å². The molecule has 1 unspecified atom stereocenters. The monoisotopic (exact) mass is 196 g/mol. The average molecular weight is 196 g/mol. The lowest BCUT2D eigenvalue weighted by Gasteiger charge is -2.30. The molecule has 1 saturated carbocycles. The van der Waals surface area contributed by atoms with Crippen LogP contribution in [0.4, 0.5) is 0 Å². The topological polar surface area (TPSA) is 24.1 Å². The maximum atomic E-state index is 3.76. The lowest BCUT2D eigenvalue weighted by Crippen LogP contribution is -2.41. The van der Waals surface area contributed by atoms with Gasteiger partial charge in [0, 0.05) is 18.6 Å². The Labute approximate surface area is 87.8 Å². The van der Waals surface area contributed by atoms with Crippen LogP contribution < -0.4 is 10.6 Å². The van der Waals surface area contributed by atoms with E-state index in [4.69, 9.17) is 0 Å². The molecular formula is C12H24N2. The molecule has 0 aromatic rings. The van der Waals surface area contributed by atoms with Crippen LogP contribution in [0.15, 0.2) is 0 Å². The highest BCUT2D eigenvalue weighted by molar-refractivity contribution is 5.00. The van der Waals surface area contributed by atoms with Gasteiger partial charge < -0.3 is 10.6 Å². The Morgan fingerprint density at radius 3 is 2.57 bits per heavy atom. The van der Waals surface area contributed by atoms with Crippen LogP contribution in [0.3, 0.4) is 0 Å². The third-order valence-corrected chi connectivity index (χ3v) is 4.00. The van der Waals surface area contributed by atoms with Crippen molar-refractivity contribution in [2.75, 3.05) is 19.6 Å². The average Bonchev–Trinajstić information content (AvgIpc) is 2.74. The zero-order valence-electron chi connectivity index (χ0n) is 9.66. The number of hydrogen-bond acceptors (Lipinski definition) is 2. The van der Waals surface area contributed by atoms with Crippen molar-refractivity contribution < 1.29 is 0 Å². The molecule has 2 heteroatoms. The van der Waals surface area contributed by atoms with Gasteiger partial charge in [-0.2, -0.15) is 0 Å². The summed E-state index contributed by atoms with van der Waals surface area (Å²) in [5.41, 5.74) is 1.07. The molecule has 0 bridgehead atoms. The lowest BCUT2D eigenvalue weighted by atomic mass is 9.82. The van der Waals surface area contributed by atoms with Crippen LogP contribution >= 0.6 is 0 Å². The Hall–Kier alpha value is -0.0800. The van der Waals surface area contributed by atoms with E-state index >= 15 is 0 Å². The van der Waals surface area contributed by atoms with Gasteiger partial charge in [-0.3, -0.25) is 0 Å². The molecule has 2 rings (SSSR count). The Morgan fingerprint density at radius 1 is 1.29 bits per heavy atom. The molecule has 82 valence electrons. The van der Waals surface area contributed by atoms with Crippen molar-refractivity contribution in [2.45, 2.75) is 51.5 Å². The highest BCUT2D eigenvalue weighted by atomic mass is 15.0. The van der Waals surface area contributed by atoms with Crippen LogP contribution in [-0.2, 0) is 0 Å². The fraction of sp³-hybridized carbons (Fsp3) is 1.00. The van der Waals surface area contributed by atoms with Crippen LogP contribution in [-0.4, -0.2) is 25.2 Å². The first-order valence-corrected chi connectivity index (χ1v) is 6.14. The summed E-state index contributed by atoms with van der Waals surface area (Å²) in [6.45, 7) is 8.33. The van der Waals surface area contributed by atoms with E-state index in [9.17, 15) is 0 Å². The third kappa shape index (κ3) is 2.29. The van der Waals surface area contributed by atoms with Gasteiger partial charge in [0.05, 0.1) is 0 Å². The van der Waals surface area contributed by atoms with Gasteiger partial charge in [-0.25, -0.2) is 0 Å². The molecule has 0 spiro atoms. The maximum Gasteiger partial charge on any atom is 0.0154 e. The lowest BCUT2D eigenvalue weighted by molar-refractivity contribution is 0.262. The SMILES string of the molecule is CCCC1(CNC2(C)CC2)CCNC1. The van der Waals surface area contributed by atoms with Gasteiger partial charge in [-0.15, -0.1) is 0 Å². The Morgan fingerprint density at radius 2 is 2.07 bits per heavy atom. The van der Waals surface area contributed by atoms with Crippen molar-refractivity contribution in [3.05, 3.63) is 0 Å². The molecule has 1 aliphatic carbocycles. The van der Waals surface area contributed by atoms with Crippen LogP contribution in [0.2, 0.25) is 0 Å². The zero-order chi connectivity index (χ0) is 10.1. The van der Waals surface area contributed by atoms with E-state index in [1.54, 1.807) is 0 Å². The first kappa shape index (κ1) is 10.4. The van der Waals surface area contributed by atoms with Gasteiger partial charge >= 0.3 is 0 Å². The van der Waals surface area contributed by atoms with E-state index in [0.29, 0.717) is 11.0 Å². The molecule has 2 fully saturated rings. The summed E-state index contributed by atoms with van der Waals surface area (Å²) >= 11 is 0. The molecule has 0 amide bonds. The Bertz CT molecular complexity index is 190. The quantitative estimate of drug-likeness (QED) is 0.702. The van der Waals surface area contributed by atoms with E-state index in [1.165, 1.54) is 51.7 Å². The molecule has 0 aromatic heterocycles. The van der Waals surface area contributed by atoms with Crippen molar-refractivity contribution in [3.63, 3.8) is 0 Å². The number of nitrogens with one attached hydrogen (secondary N) is 2. The maximum absolute atomic E-state index is 3.76. The zero-order valence-corrected chi connectivity index (χ0v) is 9.66. The molecule has 1 atom stereocenters. The van der Waals surface area contributed by atoms with Gasteiger partial charge in [0.1, 0.15) is 0 Å². The minimum absolute atomic E-state index is 0.503. The molecule has 14 heavy (non-hydrogen) atoms. The summed E-state index contributed by atoms with van der Waals surface area (Å²) in [6, 6.07) is 0. The summed E-state index contributed by atoms with van der Waals surface area (Å²) in [7, 11) is 0. The summed E-state index contributed by atoms with van der Waals surface area (Å²) in [6.07, 6.45) is 6.82. The van der Waals surface area contributed by atoms with Crippen molar-refractivity contribution in [2.24, 2.45) is 5.41 Å². The second kappa shape index (κ2) is 3.82. The largest absolute Gasteiger partial charge is 0.316 e. The summed E-state index contributed by atoms with van der Waals surface area (Å²) < 4.78 is 0. The molecule has 0 aromatic carbocycles. The minimum Gasteiger partial charge on any atom is -0.316 e. The van der Waals surface area contributed by atoms with Crippen LogP contribution in [0.5, 0.6) is 0 Å². The summed E-state index contributed by atoms with van der Waals surface area (Å²) in [5, 5.41) is 7.28. The predicted molar refractivity (Wildman–Crippen MR) is 60.5 cm³/mol. The Kier molecular flexibility index (Phi) is 2.85. The fourth-order valence-corrected chi connectivity index (χ4v) is 2.54. The standard InChI is InChI=1S/C12H24N2/c1-3-4-12(7-8-13-9-12)10-14-11(2)5-6-11/h13-14H,3-10H2,1-2H3. The Balaban J connectivity index is 1.83. The van der Waals surface area contributed by atoms with Gasteiger partial charge in [-0.1, -0.05) is 13.3 Å². The van der Waals surface area contributed by atoms with Crippen molar-refractivity contribution in [1.82, 2.24) is 10.6 Å². The minimum atomic E-state index is 0.503. The fourth-order valence-electron chi connectivity index (χ4n) is 2.54. The smallest absolute Gasteiger partial charge is 0.0154 e. The second-order valence-electron chi connectivity index (χ2n) is 5.59. The second-order valence-corrected chi connectivity index (χ2v) is 5.59. The third-order valence-electron chi connectivity index (χ3n) is 4.00. The highest BCUT2D eigenvalue weighted by Crippen LogP contribution is 2.37. The van der Waals surface area contributed by atoms with E-state index in [2.05, 4.69) is 24.5 Å². The molecular weight excluding hydrogens is 172 g/mol. The van der Waals surface area contributed by atoms with E-state index in [0.717, 1.165) is 0 Å². The van der Waals surface area contributed by atoms with Crippen molar-refractivity contribution in [3.8, 4) is 0 Å². The van der Waals surface area contributed by atoms with E-state index in [-0.39, 0.29) is 0 Å². The molecule has 1 heterocycles. The van der Waals surface area contributed by atoms with Crippen LogP contribution in [0.1, 0.15) is 46.0 Å². The molecule has 2 N–H and O–H groups in total. The van der Waals surface area contributed by atoms with Gasteiger partial charge in [-0.05, 0) is 44.6 Å². The van der Waals surface area contributed by atoms with E-state index in [1.807, 2.05) is 0 Å². The van der Waals surface area contributed by atoms with E-state index < -0.39 is 0 Å². The molecule has 2 nitrogen and oxygen atoms in total. The first-order valence-electron chi connectivity index (χ1n) is 6.14. The number of rotatable bonds is 5. The molecule has 1 aliphatic heterocycles. The normalized spacial score (nSPS) is 34.7. The molecule has 1 saturated heterocycles. The van der Waals surface area contributed by atoms with Gasteiger partial charge in [0.2, 0.25) is 0 Å². The first-order chi connectivity index (χ1) is 6.68. The highest BCUT2D eigenvalue weighted by Gasteiger charge is 2.40. The van der Waals surface area contributed by atoms with Crippen molar-refractivity contribution in [1.29, 1.82) is 0 Å². The summed E-state index contributed by atoms with van der Waals surface area (Å²) in [4.78, 5) is 0. The number of hydrogen-bond donors (Lipinski definition) is 2. The van der Waals surface area contributed by atoms with Crippen LogP contribution in [0, 0.1) is 5.41 Å². The predicted octanol–water partition coefficient (Wildman–Crippen LogP) is 1.91. The summed E-state index contributed by atoms with van der Waals surface area (Å²) in [5.74, 6) is 0. The van der Waals surface area contributed by atoms with Crippen LogP contribution in [0.25, 0.3) is 0 Å². The van der Waals surface area contributed by atoms with Gasteiger partial charge in [0.25, 0.3) is 0 Å².